The van der Waals surface area contributed by atoms with Gasteiger partial charge in [-0.2, -0.15) is 0 Å². The lowest BCUT2D eigenvalue weighted by Gasteiger charge is -2.16. The zero-order valence-electron chi connectivity index (χ0n) is 14.7. The summed E-state index contributed by atoms with van der Waals surface area (Å²) in [6, 6.07) is 12.8. The van der Waals surface area contributed by atoms with Crippen molar-refractivity contribution >= 4 is 21.4 Å². The zero-order chi connectivity index (χ0) is 18.7. The molecule has 3 aromatic rings. The molecule has 0 bridgehead atoms. The zero-order valence-corrected chi connectivity index (χ0v) is 16.4. The topological polar surface area (TPSA) is 68.3 Å². The molecule has 2 aromatic carbocycles. The van der Waals surface area contributed by atoms with Crippen LogP contribution >= 0.6 is 11.3 Å². The second-order valence-corrected chi connectivity index (χ2v) is 9.13. The van der Waals surface area contributed by atoms with Crippen molar-refractivity contribution in [3.63, 3.8) is 0 Å². The molecule has 0 saturated heterocycles. The van der Waals surface area contributed by atoms with Gasteiger partial charge in [0.1, 0.15) is 5.75 Å². The molecule has 140 valence electrons. The first-order chi connectivity index (χ1) is 13.1. The van der Waals surface area contributed by atoms with E-state index in [-0.39, 0.29) is 6.54 Å². The summed E-state index contributed by atoms with van der Waals surface area (Å²) in [6.07, 6.45) is 5.99. The summed E-state index contributed by atoms with van der Waals surface area (Å²) in [7, 11) is -3.53. The SMILES string of the molecule is O=S(=O)(NCc1ccc(Oc2nccs2)cc1)c1ccc2c(c1)CCCC2. The maximum atomic E-state index is 12.6. The summed E-state index contributed by atoms with van der Waals surface area (Å²) in [5.41, 5.74) is 3.30. The van der Waals surface area contributed by atoms with Gasteiger partial charge in [-0.05, 0) is 66.6 Å². The normalized spacial score (nSPS) is 13.9. The van der Waals surface area contributed by atoms with E-state index in [1.807, 2.05) is 41.8 Å². The summed E-state index contributed by atoms with van der Waals surface area (Å²) < 4.78 is 33.5. The minimum Gasteiger partial charge on any atom is -0.431 e. The standard InChI is InChI=1S/C20H20N2O3S2/c23-27(24,19-10-7-16-3-1-2-4-17(16)13-19)22-14-15-5-8-18(9-6-15)25-20-21-11-12-26-20/h5-13,22H,1-4,14H2. The monoisotopic (exact) mass is 400 g/mol. The lowest BCUT2D eigenvalue weighted by molar-refractivity contribution is 0.478. The van der Waals surface area contributed by atoms with Crippen molar-refractivity contribution in [2.24, 2.45) is 0 Å². The van der Waals surface area contributed by atoms with Gasteiger partial charge in [0.2, 0.25) is 10.0 Å². The molecule has 1 N–H and O–H groups in total. The quantitative estimate of drug-likeness (QED) is 0.670. The molecule has 5 nitrogen and oxygen atoms in total. The van der Waals surface area contributed by atoms with Gasteiger partial charge in [-0.15, -0.1) is 0 Å². The number of nitrogens with zero attached hydrogens (tertiary/aromatic N) is 1. The van der Waals surface area contributed by atoms with Crippen LogP contribution in [-0.4, -0.2) is 13.4 Å². The molecule has 0 unspecified atom stereocenters. The summed E-state index contributed by atoms with van der Waals surface area (Å²) in [5, 5.41) is 2.43. The van der Waals surface area contributed by atoms with Crippen LogP contribution in [0.15, 0.2) is 58.9 Å². The van der Waals surface area contributed by atoms with Crippen molar-refractivity contribution in [1.29, 1.82) is 0 Å². The second kappa shape index (κ2) is 7.80. The molecule has 1 aliphatic carbocycles. The number of nitrogens with one attached hydrogen (secondary N) is 1. The van der Waals surface area contributed by atoms with Gasteiger partial charge in [0, 0.05) is 18.1 Å². The molecule has 0 atom stereocenters. The predicted molar refractivity (Wildman–Crippen MR) is 106 cm³/mol. The minimum atomic E-state index is -3.53. The molecule has 7 heteroatoms. The lowest BCUT2D eigenvalue weighted by atomic mass is 9.92. The molecule has 1 heterocycles. The van der Waals surface area contributed by atoms with Crippen LogP contribution in [0.25, 0.3) is 0 Å². The van der Waals surface area contributed by atoms with Gasteiger partial charge in [-0.1, -0.05) is 29.5 Å². The Kier molecular flexibility index (Phi) is 5.24. The fourth-order valence-electron chi connectivity index (χ4n) is 3.18. The van der Waals surface area contributed by atoms with Crippen molar-refractivity contribution < 1.29 is 13.2 Å². The van der Waals surface area contributed by atoms with E-state index in [0.717, 1.165) is 30.4 Å². The molecule has 0 aliphatic heterocycles. The predicted octanol–water partition coefficient (Wildman–Crippen LogP) is 4.29. The highest BCUT2D eigenvalue weighted by Crippen LogP contribution is 2.25. The van der Waals surface area contributed by atoms with Crippen molar-refractivity contribution in [2.75, 3.05) is 0 Å². The first-order valence-electron chi connectivity index (χ1n) is 8.88. The van der Waals surface area contributed by atoms with Crippen LogP contribution in [0.5, 0.6) is 10.9 Å². The van der Waals surface area contributed by atoms with Crippen LogP contribution in [0.4, 0.5) is 0 Å². The fraction of sp³-hybridized carbons (Fsp3) is 0.250. The number of thiazole rings is 1. The van der Waals surface area contributed by atoms with Crippen LogP contribution in [0, 0.1) is 0 Å². The van der Waals surface area contributed by atoms with E-state index in [9.17, 15) is 8.42 Å². The summed E-state index contributed by atoms with van der Waals surface area (Å²) in [5.74, 6) is 0.672. The number of benzene rings is 2. The number of hydrogen-bond acceptors (Lipinski definition) is 5. The number of rotatable bonds is 6. The second-order valence-electron chi connectivity index (χ2n) is 6.51. The maximum absolute atomic E-state index is 12.6. The molecule has 0 fully saturated rings. The third kappa shape index (κ3) is 4.37. The van der Waals surface area contributed by atoms with E-state index >= 15 is 0 Å². The Morgan fingerprint density at radius 3 is 2.56 bits per heavy atom. The highest BCUT2D eigenvalue weighted by atomic mass is 32.2. The van der Waals surface area contributed by atoms with Gasteiger partial charge < -0.3 is 4.74 Å². The molecular formula is C20H20N2O3S2. The minimum absolute atomic E-state index is 0.233. The summed E-state index contributed by atoms with van der Waals surface area (Å²) in [6.45, 7) is 0.233. The van der Waals surface area contributed by atoms with Gasteiger partial charge in [0.15, 0.2) is 0 Å². The highest BCUT2D eigenvalue weighted by molar-refractivity contribution is 7.89. The van der Waals surface area contributed by atoms with E-state index in [0.29, 0.717) is 15.8 Å². The van der Waals surface area contributed by atoms with Crippen molar-refractivity contribution in [1.82, 2.24) is 9.71 Å². The van der Waals surface area contributed by atoms with Gasteiger partial charge in [-0.25, -0.2) is 18.1 Å². The third-order valence-corrected chi connectivity index (χ3v) is 6.68. The van der Waals surface area contributed by atoms with Crippen LogP contribution < -0.4 is 9.46 Å². The first kappa shape index (κ1) is 18.2. The Labute approximate surface area is 163 Å². The summed E-state index contributed by atoms with van der Waals surface area (Å²) in [4.78, 5) is 4.41. The van der Waals surface area contributed by atoms with E-state index in [2.05, 4.69) is 9.71 Å². The molecule has 4 rings (SSSR count). The van der Waals surface area contributed by atoms with Crippen molar-refractivity contribution in [3.8, 4) is 10.9 Å². The molecule has 0 amide bonds. The van der Waals surface area contributed by atoms with Gasteiger partial charge in [-0.3, -0.25) is 0 Å². The van der Waals surface area contributed by atoms with Gasteiger partial charge in [0.05, 0.1) is 4.90 Å². The van der Waals surface area contributed by atoms with E-state index < -0.39 is 10.0 Å². The van der Waals surface area contributed by atoms with Crippen LogP contribution in [0.2, 0.25) is 0 Å². The molecular weight excluding hydrogens is 380 g/mol. The Morgan fingerprint density at radius 2 is 1.81 bits per heavy atom. The number of ether oxygens (including phenoxy) is 1. The largest absolute Gasteiger partial charge is 0.431 e. The van der Waals surface area contributed by atoms with E-state index in [1.165, 1.54) is 23.3 Å². The fourth-order valence-corrected chi connectivity index (χ4v) is 4.75. The van der Waals surface area contributed by atoms with E-state index in [4.69, 9.17) is 4.74 Å². The average Bonchev–Trinajstić information content (AvgIpc) is 3.20. The van der Waals surface area contributed by atoms with Gasteiger partial charge >= 0.3 is 0 Å². The molecule has 0 saturated carbocycles. The van der Waals surface area contributed by atoms with Crippen molar-refractivity contribution in [3.05, 3.63) is 70.7 Å². The number of fused-ring (bicyclic) bond motifs is 1. The highest BCUT2D eigenvalue weighted by Gasteiger charge is 2.17. The number of hydrogen-bond donors (Lipinski definition) is 1. The summed E-state index contributed by atoms with van der Waals surface area (Å²) >= 11 is 1.42. The first-order valence-corrected chi connectivity index (χ1v) is 11.2. The molecule has 1 aromatic heterocycles. The Hall–Kier alpha value is -2.22. The Morgan fingerprint density at radius 1 is 1.04 bits per heavy atom. The average molecular weight is 401 g/mol. The van der Waals surface area contributed by atoms with Gasteiger partial charge in [0.25, 0.3) is 5.19 Å². The Balaban J connectivity index is 1.41. The number of aromatic nitrogens is 1. The Bertz CT molecular complexity index is 1010. The molecule has 0 radical (unpaired) electrons. The van der Waals surface area contributed by atoms with Crippen LogP contribution in [-0.2, 0) is 29.4 Å². The van der Waals surface area contributed by atoms with E-state index in [1.54, 1.807) is 12.3 Å². The van der Waals surface area contributed by atoms with Crippen LogP contribution in [0.1, 0.15) is 29.5 Å². The molecule has 27 heavy (non-hydrogen) atoms. The molecule has 1 aliphatic rings. The lowest BCUT2D eigenvalue weighted by Crippen LogP contribution is -2.23. The van der Waals surface area contributed by atoms with Crippen molar-refractivity contribution in [2.45, 2.75) is 37.1 Å². The third-order valence-electron chi connectivity index (χ3n) is 4.63. The number of sulfonamides is 1. The maximum Gasteiger partial charge on any atom is 0.278 e. The number of aryl methyl sites for hydroxylation is 2. The van der Waals surface area contributed by atoms with Crippen LogP contribution in [0.3, 0.4) is 0 Å². The molecule has 0 spiro atoms. The smallest absolute Gasteiger partial charge is 0.278 e.